The number of carbonyl (C=O) groups excluding carboxylic acids is 1. The average Bonchev–Trinajstić information content (AvgIpc) is 2.55. The Bertz CT molecular complexity index is 628. The minimum Gasteiger partial charge on any atom is -0.497 e. The van der Waals surface area contributed by atoms with Crippen molar-refractivity contribution in [2.24, 2.45) is 0 Å². The monoisotopic (exact) mass is 320 g/mol. The van der Waals surface area contributed by atoms with Gasteiger partial charge in [-0.2, -0.15) is 0 Å². The van der Waals surface area contributed by atoms with Crippen LogP contribution in [0.3, 0.4) is 0 Å². The second kappa shape index (κ2) is 7.82. The first kappa shape index (κ1) is 16.3. The van der Waals surface area contributed by atoms with Crippen LogP contribution in [-0.4, -0.2) is 31.4 Å². The molecule has 0 fully saturated rings. The molecule has 1 atom stereocenters. The van der Waals surface area contributed by atoms with Crippen LogP contribution in [0.25, 0.3) is 0 Å². The topological polar surface area (TPSA) is 55.8 Å². The number of benzene rings is 2. The van der Waals surface area contributed by atoms with E-state index in [-0.39, 0.29) is 19.1 Å². The van der Waals surface area contributed by atoms with Crippen LogP contribution in [-0.2, 0) is 4.74 Å². The van der Waals surface area contributed by atoms with E-state index in [1.807, 2.05) is 30.3 Å². The van der Waals surface area contributed by atoms with Crippen molar-refractivity contribution in [3.8, 4) is 5.75 Å². The number of methoxy groups -OCH3 is 1. The smallest absolute Gasteiger partial charge is 0.338 e. The van der Waals surface area contributed by atoms with Gasteiger partial charge in [0.15, 0.2) is 0 Å². The lowest BCUT2D eigenvalue weighted by Crippen LogP contribution is -2.16. The van der Waals surface area contributed by atoms with Gasteiger partial charge in [0.25, 0.3) is 0 Å². The number of carbonyl (C=O) groups is 1. The normalized spacial score (nSPS) is 11.8. The molecule has 2 aromatic rings. The second-order valence-corrected chi connectivity index (χ2v) is 5.20. The predicted octanol–water partition coefficient (Wildman–Crippen LogP) is 3.28. The second-order valence-electron chi connectivity index (χ2n) is 4.77. The summed E-state index contributed by atoms with van der Waals surface area (Å²) >= 11 is 5.93. The lowest BCUT2D eigenvalue weighted by Gasteiger charge is -2.15. The van der Waals surface area contributed by atoms with E-state index in [9.17, 15) is 9.90 Å². The maximum atomic E-state index is 12.1. The number of ether oxygens (including phenoxy) is 2. The van der Waals surface area contributed by atoms with Gasteiger partial charge in [-0.25, -0.2) is 4.79 Å². The fourth-order valence-corrected chi connectivity index (χ4v) is 2.26. The number of rotatable bonds is 6. The van der Waals surface area contributed by atoms with Crippen molar-refractivity contribution < 1.29 is 19.4 Å². The third kappa shape index (κ3) is 4.23. The minimum absolute atomic E-state index is 0.0914. The van der Waals surface area contributed by atoms with E-state index in [2.05, 4.69) is 0 Å². The summed E-state index contributed by atoms with van der Waals surface area (Å²) in [7, 11) is 1.50. The zero-order valence-electron chi connectivity index (χ0n) is 12.2. The number of esters is 1. The molecule has 0 aromatic heterocycles. The average molecular weight is 321 g/mol. The summed E-state index contributed by atoms with van der Waals surface area (Å²) in [5.41, 5.74) is 1.23. The van der Waals surface area contributed by atoms with Crippen molar-refractivity contribution in [2.45, 2.75) is 5.92 Å². The number of aliphatic hydroxyl groups is 1. The molecule has 0 aliphatic rings. The maximum absolute atomic E-state index is 12.1. The zero-order chi connectivity index (χ0) is 15.9. The summed E-state index contributed by atoms with van der Waals surface area (Å²) in [6, 6.07) is 14.1. The Hall–Kier alpha value is -2.04. The van der Waals surface area contributed by atoms with E-state index in [4.69, 9.17) is 21.1 Å². The summed E-state index contributed by atoms with van der Waals surface area (Å²) in [5.74, 6) is -0.275. The number of aliphatic hydroxyl groups excluding tert-OH is 1. The van der Waals surface area contributed by atoms with Gasteiger partial charge in [-0.05, 0) is 23.8 Å². The molecule has 0 radical (unpaired) electrons. The molecule has 22 heavy (non-hydrogen) atoms. The van der Waals surface area contributed by atoms with E-state index in [0.29, 0.717) is 16.3 Å². The van der Waals surface area contributed by atoms with Crippen LogP contribution >= 0.6 is 11.6 Å². The molecular weight excluding hydrogens is 304 g/mol. The summed E-state index contributed by atoms with van der Waals surface area (Å²) in [6.07, 6.45) is 0. The van der Waals surface area contributed by atoms with Gasteiger partial charge in [0.2, 0.25) is 0 Å². The first-order valence-electron chi connectivity index (χ1n) is 6.81. The van der Waals surface area contributed by atoms with E-state index >= 15 is 0 Å². The van der Waals surface area contributed by atoms with Gasteiger partial charge < -0.3 is 14.6 Å². The molecule has 0 heterocycles. The molecule has 5 heteroatoms. The molecule has 2 rings (SSSR count). The van der Waals surface area contributed by atoms with Crippen LogP contribution in [0.2, 0.25) is 5.02 Å². The highest BCUT2D eigenvalue weighted by molar-refractivity contribution is 6.31. The van der Waals surface area contributed by atoms with Gasteiger partial charge in [-0.3, -0.25) is 0 Å². The zero-order valence-corrected chi connectivity index (χ0v) is 12.9. The van der Waals surface area contributed by atoms with Crippen LogP contribution in [0.5, 0.6) is 5.75 Å². The highest BCUT2D eigenvalue weighted by Crippen LogP contribution is 2.22. The van der Waals surface area contributed by atoms with Crippen molar-refractivity contribution >= 4 is 17.6 Å². The van der Waals surface area contributed by atoms with Crippen LogP contribution in [0.15, 0.2) is 48.5 Å². The molecule has 0 aliphatic carbocycles. The maximum Gasteiger partial charge on any atom is 0.338 e. The fraction of sp³-hybridized carbons (Fsp3) is 0.235. The fourth-order valence-electron chi connectivity index (χ4n) is 2.04. The Labute approximate surface area is 134 Å². The Morgan fingerprint density at radius 2 is 1.95 bits per heavy atom. The standard InChI is InChI=1S/C17H17ClO4/c1-21-16-8-13(7-15(18)9-16)17(20)22-11-14(10-19)12-5-3-2-4-6-12/h2-9,14,19H,10-11H2,1H3. The quantitative estimate of drug-likeness (QED) is 0.830. The van der Waals surface area contributed by atoms with Crippen LogP contribution in [0.4, 0.5) is 0 Å². The Kier molecular flexibility index (Phi) is 5.81. The van der Waals surface area contributed by atoms with Gasteiger partial charge in [-0.15, -0.1) is 0 Å². The summed E-state index contributed by atoms with van der Waals surface area (Å²) < 4.78 is 10.3. The first-order valence-corrected chi connectivity index (χ1v) is 7.19. The van der Waals surface area contributed by atoms with Crippen molar-refractivity contribution in [3.63, 3.8) is 0 Å². The molecule has 0 spiro atoms. The third-order valence-corrected chi connectivity index (χ3v) is 3.47. The first-order chi connectivity index (χ1) is 10.6. The van der Waals surface area contributed by atoms with Crippen LogP contribution in [0.1, 0.15) is 21.8 Å². The Morgan fingerprint density at radius 3 is 2.59 bits per heavy atom. The van der Waals surface area contributed by atoms with Gasteiger partial charge in [0.1, 0.15) is 12.4 Å². The van der Waals surface area contributed by atoms with E-state index in [1.165, 1.54) is 13.2 Å². The lowest BCUT2D eigenvalue weighted by molar-refractivity contribution is 0.0450. The molecule has 1 unspecified atom stereocenters. The summed E-state index contributed by atoms with van der Waals surface area (Å²) in [5, 5.41) is 9.85. The molecular formula is C17H17ClO4. The molecule has 0 amide bonds. The molecule has 0 saturated heterocycles. The van der Waals surface area contributed by atoms with Gasteiger partial charge >= 0.3 is 5.97 Å². The number of hydrogen-bond acceptors (Lipinski definition) is 4. The Morgan fingerprint density at radius 1 is 1.23 bits per heavy atom. The van der Waals surface area contributed by atoms with E-state index < -0.39 is 5.97 Å². The largest absolute Gasteiger partial charge is 0.497 e. The number of hydrogen-bond donors (Lipinski definition) is 1. The lowest BCUT2D eigenvalue weighted by atomic mass is 10.0. The predicted molar refractivity (Wildman–Crippen MR) is 84.6 cm³/mol. The molecule has 2 aromatic carbocycles. The molecule has 0 aliphatic heterocycles. The third-order valence-electron chi connectivity index (χ3n) is 3.25. The molecule has 4 nitrogen and oxygen atoms in total. The molecule has 1 N–H and O–H groups in total. The molecule has 0 bridgehead atoms. The summed E-state index contributed by atoms with van der Waals surface area (Å²) in [6.45, 7) is -0.00959. The number of halogens is 1. The molecule has 116 valence electrons. The van der Waals surface area contributed by atoms with Crippen molar-refractivity contribution in [3.05, 3.63) is 64.7 Å². The van der Waals surface area contributed by atoms with E-state index in [0.717, 1.165) is 5.56 Å². The van der Waals surface area contributed by atoms with Gasteiger partial charge in [-0.1, -0.05) is 41.9 Å². The van der Waals surface area contributed by atoms with E-state index in [1.54, 1.807) is 12.1 Å². The molecule has 0 saturated carbocycles. The van der Waals surface area contributed by atoms with Crippen molar-refractivity contribution in [1.82, 2.24) is 0 Å². The van der Waals surface area contributed by atoms with Crippen molar-refractivity contribution in [1.29, 1.82) is 0 Å². The van der Waals surface area contributed by atoms with Crippen molar-refractivity contribution in [2.75, 3.05) is 20.3 Å². The van der Waals surface area contributed by atoms with Crippen LogP contribution in [0, 0.1) is 0 Å². The SMILES string of the molecule is COc1cc(Cl)cc(C(=O)OCC(CO)c2ccccc2)c1. The highest BCUT2D eigenvalue weighted by atomic mass is 35.5. The Balaban J connectivity index is 2.04. The minimum atomic E-state index is -0.504. The summed E-state index contributed by atoms with van der Waals surface area (Å²) in [4.78, 5) is 12.1. The van der Waals surface area contributed by atoms with Crippen LogP contribution < -0.4 is 4.74 Å². The van der Waals surface area contributed by atoms with Gasteiger partial charge in [0, 0.05) is 10.9 Å². The highest BCUT2D eigenvalue weighted by Gasteiger charge is 2.15. The van der Waals surface area contributed by atoms with Gasteiger partial charge in [0.05, 0.1) is 19.3 Å².